The van der Waals surface area contributed by atoms with E-state index in [4.69, 9.17) is 1.37 Å². The fraction of sp³-hybridized carbons (Fsp3) is 0.200. The number of hydrogen-bond donors (Lipinski definition) is 0. The largest absolute Gasteiger partial charge is 0.464 e. The quantitative estimate of drug-likeness (QED) is 0.550. The van der Waals surface area contributed by atoms with E-state index in [1.807, 2.05) is 0 Å². The van der Waals surface area contributed by atoms with E-state index < -0.39 is 5.97 Å². The first-order chi connectivity index (χ1) is 4.75. The maximum atomic E-state index is 10.7. The molecule has 0 saturated heterocycles. The van der Waals surface area contributed by atoms with Gasteiger partial charge in [-0.05, 0) is 0 Å². The van der Waals surface area contributed by atoms with E-state index in [-0.39, 0.29) is 11.1 Å². The lowest BCUT2D eigenvalue weighted by Crippen LogP contribution is -2.00. The number of rotatable bonds is 1. The van der Waals surface area contributed by atoms with Crippen LogP contribution in [0.3, 0.4) is 0 Å². The molecule has 1 aromatic rings. The molecule has 4 heteroatoms. The summed E-state index contributed by atoms with van der Waals surface area (Å²) in [6.45, 7) is 0. The van der Waals surface area contributed by atoms with E-state index >= 15 is 0 Å². The smallest absolute Gasteiger partial charge is 0.357 e. The standard InChI is InChI=1S/C5H5NO2S/c1-8-5(7)4-2-9-3-6-4/h2-3H,1H3/i2D. The second-order valence-electron chi connectivity index (χ2n) is 1.29. The molecule has 48 valence electrons. The number of hydrogen-bond acceptors (Lipinski definition) is 4. The van der Waals surface area contributed by atoms with Crippen LogP contribution in [-0.4, -0.2) is 18.1 Å². The van der Waals surface area contributed by atoms with Gasteiger partial charge in [-0.3, -0.25) is 0 Å². The van der Waals surface area contributed by atoms with Gasteiger partial charge in [-0.1, -0.05) is 0 Å². The zero-order valence-corrected chi connectivity index (χ0v) is 5.57. The van der Waals surface area contributed by atoms with Crippen LogP contribution in [-0.2, 0) is 4.74 Å². The Kier molecular flexibility index (Phi) is 1.42. The van der Waals surface area contributed by atoms with Crippen molar-refractivity contribution in [2.24, 2.45) is 0 Å². The Morgan fingerprint density at radius 2 is 2.89 bits per heavy atom. The van der Waals surface area contributed by atoms with Gasteiger partial charge in [0, 0.05) is 5.36 Å². The Morgan fingerprint density at radius 3 is 3.33 bits per heavy atom. The van der Waals surface area contributed by atoms with Gasteiger partial charge in [0.05, 0.1) is 14.0 Å². The molecular weight excluding hydrogens is 138 g/mol. The third kappa shape index (κ3) is 1.26. The van der Waals surface area contributed by atoms with E-state index in [2.05, 4.69) is 9.72 Å². The van der Waals surface area contributed by atoms with Gasteiger partial charge in [-0.15, -0.1) is 11.3 Å². The first kappa shape index (κ1) is 4.93. The predicted molar refractivity (Wildman–Crippen MR) is 33.5 cm³/mol. The molecule has 0 bridgehead atoms. The molecule has 0 amide bonds. The molecule has 0 atom stereocenters. The van der Waals surface area contributed by atoms with E-state index in [1.165, 1.54) is 12.6 Å². The summed E-state index contributed by atoms with van der Waals surface area (Å²) in [5.41, 5.74) is 1.53. The Labute approximate surface area is 57.7 Å². The Balaban J connectivity index is 2.93. The highest BCUT2D eigenvalue weighted by molar-refractivity contribution is 7.07. The molecule has 0 radical (unpaired) electrons. The zero-order chi connectivity index (χ0) is 7.56. The van der Waals surface area contributed by atoms with Crippen LogP contribution in [0.5, 0.6) is 0 Å². The fourth-order valence-corrected chi connectivity index (χ4v) is 0.837. The van der Waals surface area contributed by atoms with Gasteiger partial charge in [-0.2, -0.15) is 0 Å². The van der Waals surface area contributed by atoms with Crippen molar-refractivity contribution in [1.82, 2.24) is 4.98 Å². The van der Waals surface area contributed by atoms with Crippen LogP contribution in [0.4, 0.5) is 0 Å². The number of methoxy groups -OCH3 is 1. The number of thiazole rings is 1. The Morgan fingerprint density at radius 1 is 2.11 bits per heavy atom. The van der Waals surface area contributed by atoms with E-state index in [0.29, 0.717) is 0 Å². The molecule has 0 aliphatic carbocycles. The fourth-order valence-electron chi connectivity index (χ4n) is 0.379. The van der Waals surface area contributed by atoms with Crippen molar-refractivity contribution in [3.63, 3.8) is 0 Å². The van der Waals surface area contributed by atoms with Crippen LogP contribution in [0.15, 0.2) is 10.9 Å². The summed E-state index contributed by atoms with van der Waals surface area (Å²) in [6, 6.07) is 0. The number of carbonyl (C=O) groups is 1. The molecule has 0 unspecified atom stereocenters. The van der Waals surface area contributed by atoms with Gasteiger partial charge in [0.1, 0.15) is 0 Å². The van der Waals surface area contributed by atoms with Gasteiger partial charge in [0.2, 0.25) is 0 Å². The number of esters is 1. The zero-order valence-electron chi connectivity index (χ0n) is 5.75. The predicted octanol–water partition coefficient (Wildman–Crippen LogP) is 0.930. The lowest BCUT2D eigenvalue weighted by atomic mass is 10.5. The summed E-state index contributed by atoms with van der Waals surface area (Å²) >= 11 is 1.10. The molecule has 0 fully saturated rings. The van der Waals surface area contributed by atoms with Crippen molar-refractivity contribution in [2.45, 2.75) is 0 Å². The Hall–Kier alpha value is -0.900. The highest BCUT2D eigenvalue weighted by Crippen LogP contribution is 2.01. The highest BCUT2D eigenvalue weighted by Gasteiger charge is 2.04. The van der Waals surface area contributed by atoms with Crippen molar-refractivity contribution in [3.05, 3.63) is 16.6 Å². The van der Waals surface area contributed by atoms with Crippen molar-refractivity contribution in [3.8, 4) is 0 Å². The monoisotopic (exact) mass is 144 g/mol. The summed E-state index contributed by atoms with van der Waals surface area (Å²) < 4.78 is 11.5. The van der Waals surface area contributed by atoms with Gasteiger partial charge in [-0.25, -0.2) is 9.78 Å². The molecule has 1 heterocycles. The third-order valence-corrected chi connectivity index (χ3v) is 1.29. The SMILES string of the molecule is [2H]c1scnc1C(=O)OC. The molecule has 1 aromatic heterocycles. The van der Waals surface area contributed by atoms with E-state index in [9.17, 15) is 4.79 Å². The molecule has 9 heavy (non-hydrogen) atoms. The number of nitrogens with zero attached hydrogens (tertiary/aromatic N) is 1. The average Bonchev–Trinajstić information content (AvgIpc) is 2.34. The first-order valence-corrected chi connectivity index (χ1v) is 3.12. The van der Waals surface area contributed by atoms with Crippen molar-refractivity contribution in [2.75, 3.05) is 7.11 Å². The third-order valence-electron chi connectivity index (χ3n) is 0.769. The molecule has 0 aliphatic heterocycles. The number of aromatic nitrogens is 1. The lowest BCUT2D eigenvalue weighted by Gasteiger charge is -1.89. The average molecular weight is 144 g/mol. The topological polar surface area (TPSA) is 39.2 Å². The minimum absolute atomic E-state index is 0.0903. The van der Waals surface area contributed by atoms with Crippen LogP contribution in [0.25, 0.3) is 0 Å². The Bertz CT molecular complexity index is 248. The molecule has 0 aliphatic rings. The second-order valence-corrected chi connectivity index (χ2v) is 1.95. The summed E-state index contributed by atoms with van der Waals surface area (Å²) in [7, 11) is 1.27. The van der Waals surface area contributed by atoms with Crippen LogP contribution < -0.4 is 0 Å². The second kappa shape index (κ2) is 2.59. The molecule has 1 rings (SSSR count). The van der Waals surface area contributed by atoms with Crippen LogP contribution in [0.1, 0.15) is 11.9 Å². The number of ether oxygens (including phenoxy) is 1. The van der Waals surface area contributed by atoms with Gasteiger partial charge in [0.15, 0.2) is 5.69 Å². The van der Waals surface area contributed by atoms with Crippen molar-refractivity contribution < 1.29 is 10.9 Å². The maximum Gasteiger partial charge on any atom is 0.357 e. The van der Waals surface area contributed by atoms with Crippen LogP contribution in [0, 0.1) is 0 Å². The van der Waals surface area contributed by atoms with Gasteiger partial charge < -0.3 is 4.74 Å². The molecule has 0 saturated carbocycles. The van der Waals surface area contributed by atoms with Crippen molar-refractivity contribution in [1.29, 1.82) is 0 Å². The minimum atomic E-state index is -0.550. The summed E-state index contributed by atoms with van der Waals surface area (Å²) in [4.78, 5) is 14.3. The van der Waals surface area contributed by atoms with Gasteiger partial charge in [0.25, 0.3) is 0 Å². The van der Waals surface area contributed by atoms with Crippen molar-refractivity contribution >= 4 is 17.3 Å². The maximum absolute atomic E-state index is 10.7. The van der Waals surface area contributed by atoms with Crippen LogP contribution in [0.2, 0.25) is 0 Å². The highest BCUT2D eigenvalue weighted by atomic mass is 32.1. The number of carbonyl (C=O) groups excluding carboxylic acids is 1. The van der Waals surface area contributed by atoms with E-state index in [1.54, 1.807) is 0 Å². The summed E-state index contributed by atoms with van der Waals surface area (Å²) in [5.74, 6) is -0.550. The molecule has 0 spiro atoms. The first-order valence-electron chi connectivity index (χ1n) is 2.74. The molecule has 0 N–H and O–H groups in total. The minimum Gasteiger partial charge on any atom is -0.464 e. The molecule has 0 aromatic carbocycles. The summed E-state index contributed by atoms with van der Waals surface area (Å²) in [5, 5.41) is 0.145. The molecule has 3 nitrogen and oxygen atoms in total. The summed E-state index contributed by atoms with van der Waals surface area (Å²) in [6.07, 6.45) is 0. The lowest BCUT2D eigenvalue weighted by molar-refractivity contribution is 0.0595. The van der Waals surface area contributed by atoms with Gasteiger partial charge >= 0.3 is 5.97 Å². The normalized spacial score (nSPS) is 10.6. The molecular formula is C5H5NO2S. The van der Waals surface area contributed by atoms with Crippen LogP contribution >= 0.6 is 11.3 Å². The van der Waals surface area contributed by atoms with E-state index in [0.717, 1.165) is 11.3 Å².